The van der Waals surface area contributed by atoms with Gasteiger partial charge in [0.15, 0.2) is 5.76 Å². The Morgan fingerprint density at radius 3 is 2.78 bits per heavy atom. The smallest absolute Gasteiger partial charge is 0.158 e. The van der Waals surface area contributed by atoms with Gasteiger partial charge in [-0.15, -0.1) is 0 Å². The van der Waals surface area contributed by atoms with Crippen molar-refractivity contribution in [2.75, 3.05) is 0 Å². The Kier molecular flexibility index (Phi) is 4.33. The molecule has 1 aliphatic carbocycles. The molecule has 0 radical (unpaired) electrons. The zero-order valence-electron chi connectivity index (χ0n) is 9.90. The van der Waals surface area contributed by atoms with Crippen LogP contribution in [-0.2, 0) is 6.54 Å². The largest absolute Gasteiger partial charge is 1.00 e. The van der Waals surface area contributed by atoms with Crippen molar-refractivity contribution in [3.05, 3.63) is 47.2 Å². The van der Waals surface area contributed by atoms with E-state index in [4.69, 9.17) is 16.0 Å². The van der Waals surface area contributed by atoms with E-state index in [1.165, 1.54) is 12.8 Å². The van der Waals surface area contributed by atoms with Crippen molar-refractivity contribution in [2.45, 2.75) is 25.4 Å². The predicted molar refractivity (Wildman–Crippen MR) is 67.8 cm³/mol. The van der Waals surface area contributed by atoms with Crippen LogP contribution in [0.2, 0.25) is 5.02 Å². The predicted octanol–water partition coefficient (Wildman–Crippen LogP) is -0.170. The average Bonchev–Trinajstić information content (AvgIpc) is 3.04. The third-order valence-corrected chi connectivity index (χ3v) is 3.28. The highest BCUT2D eigenvalue weighted by atomic mass is 35.5. The summed E-state index contributed by atoms with van der Waals surface area (Å²) >= 11 is 5.96. The molecular weight excluding hydrogens is 269 g/mol. The van der Waals surface area contributed by atoms with Crippen molar-refractivity contribution < 1.29 is 22.1 Å². The zero-order valence-corrected chi connectivity index (χ0v) is 11.4. The summed E-state index contributed by atoms with van der Waals surface area (Å²) in [6.45, 7) is 0.936. The van der Waals surface area contributed by atoms with Gasteiger partial charge in [0, 0.05) is 23.4 Å². The Morgan fingerprint density at radius 2 is 2.06 bits per heavy atom. The summed E-state index contributed by atoms with van der Waals surface area (Å²) in [6, 6.07) is 12.6. The molecule has 0 bridgehead atoms. The highest BCUT2D eigenvalue weighted by molar-refractivity contribution is 6.30. The van der Waals surface area contributed by atoms with Gasteiger partial charge in [-0.05, 0) is 24.3 Å². The zero-order chi connectivity index (χ0) is 11.7. The van der Waals surface area contributed by atoms with Crippen LogP contribution in [0.25, 0.3) is 11.3 Å². The fraction of sp³-hybridized carbons (Fsp3) is 0.286. The van der Waals surface area contributed by atoms with Crippen LogP contribution in [0, 0.1) is 0 Å². The SMILES string of the molecule is Clc1cccc(-c2ccc(C[NH2+]C3CC3)o2)c1.[Cl-]. The maximum Gasteiger partial charge on any atom is 0.158 e. The van der Waals surface area contributed by atoms with Crippen molar-refractivity contribution in [2.24, 2.45) is 0 Å². The lowest BCUT2D eigenvalue weighted by Crippen LogP contribution is -3.00. The average molecular weight is 284 g/mol. The van der Waals surface area contributed by atoms with Gasteiger partial charge in [0.25, 0.3) is 0 Å². The van der Waals surface area contributed by atoms with Crippen LogP contribution in [0.4, 0.5) is 0 Å². The normalized spacial score (nSPS) is 14.3. The van der Waals surface area contributed by atoms with Crippen LogP contribution >= 0.6 is 11.6 Å². The molecule has 1 fully saturated rings. The van der Waals surface area contributed by atoms with Crippen LogP contribution < -0.4 is 17.7 Å². The van der Waals surface area contributed by atoms with Gasteiger partial charge in [-0.1, -0.05) is 23.7 Å². The van der Waals surface area contributed by atoms with Crippen molar-refractivity contribution in [3.8, 4) is 11.3 Å². The first-order valence-corrected chi connectivity index (χ1v) is 6.37. The summed E-state index contributed by atoms with van der Waals surface area (Å²) in [5.41, 5.74) is 1.04. The number of benzene rings is 1. The van der Waals surface area contributed by atoms with Gasteiger partial charge in [-0.25, -0.2) is 0 Å². The standard InChI is InChI=1S/C14H14ClNO.ClH/c15-11-3-1-2-10(8-11)14-7-6-13(17-14)9-16-12-4-5-12;/h1-3,6-8,12,16H,4-5,9H2;1H. The van der Waals surface area contributed by atoms with Crippen LogP contribution in [0.15, 0.2) is 40.8 Å². The molecule has 2 N–H and O–H groups in total. The second-order valence-electron chi connectivity index (χ2n) is 4.55. The molecule has 3 rings (SSSR count). The Hall–Kier alpha value is -0.960. The molecule has 96 valence electrons. The molecule has 1 aliphatic rings. The second-order valence-corrected chi connectivity index (χ2v) is 4.99. The molecule has 0 atom stereocenters. The van der Waals surface area contributed by atoms with E-state index in [0.29, 0.717) is 0 Å². The summed E-state index contributed by atoms with van der Waals surface area (Å²) in [5, 5.41) is 3.09. The molecule has 0 saturated heterocycles. The first kappa shape index (κ1) is 13.5. The molecule has 0 amide bonds. The van der Waals surface area contributed by atoms with Crippen LogP contribution in [-0.4, -0.2) is 6.04 Å². The minimum Gasteiger partial charge on any atom is -1.00 e. The van der Waals surface area contributed by atoms with Gasteiger partial charge >= 0.3 is 0 Å². The van der Waals surface area contributed by atoms with Crippen LogP contribution in [0.3, 0.4) is 0 Å². The van der Waals surface area contributed by atoms with Gasteiger partial charge < -0.3 is 22.1 Å². The third kappa shape index (κ3) is 3.29. The quantitative estimate of drug-likeness (QED) is 0.830. The molecule has 2 nitrogen and oxygen atoms in total. The lowest BCUT2D eigenvalue weighted by molar-refractivity contribution is -0.685. The van der Waals surface area contributed by atoms with Gasteiger partial charge in [0.2, 0.25) is 0 Å². The molecule has 1 heterocycles. The Morgan fingerprint density at radius 1 is 1.22 bits per heavy atom. The molecule has 0 unspecified atom stereocenters. The molecule has 1 aromatic carbocycles. The summed E-state index contributed by atoms with van der Waals surface area (Å²) in [4.78, 5) is 0. The minimum absolute atomic E-state index is 0. The van der Waals surface area contributed by atoms with Crippen molar-refractivity contribution in [3.63, 3.8) is 0 Å². The maximum atomic E-state index is 5.96. The van der Waals surface area contributed by atoms with E-state index >= 15 is 0 Å². The number of furan rings is 1. The highest BCUT2D eigenvalue weighted by Gasteiger charge is 2.25. The Labute approximate surface area is 118 Å². The van der Waals surface area contributed by atoms with E-state index in [1.54, 1.807) is 0 Å². The van der Waals surface area contributed by atoms with Gasteiger partial charge in [-0.3, -0.25) is 0 Å². The summed E-state index contributed by atoms with van der Waals surface area (Å²) in [5.74, 6) is 1.93. The van der Waals surface area contributed by atoms with E-state index in [9.17, 15) is 0 Å². The van der Waals surface area contributed by atoms with Crippen molar-refractivity contribution in [1.82, 2.24) is 0 Å². The first-order chi connectivity index (χ1) is 8.31. The maximum absolute atomic E-state index is 5.96. The highest BCUT2D eigenvalue weighted by Crippen LogP contribution is 2.24. The minimum atomic E-state index is 0. The second kappa shape index (κ2) is 5.79. The molecule has 0 spiro atoms. The summed E-state index contributed by atoms with van der Waals surface area (Å²) < 4.78 is 5.81. The molecule has 2 aromatic rings. The van der Waals surface area contributed by atoms with Crippen LogP contribution in [0.5, 0.6) is 0 Å². The lowest BCUT2D eigenvalue weighted by atomic mass is 10.2. The van der Waals surface area contributed by atoms with E-state index < -0.39 is 0 Å². The fourth-order valence-electron chi connectivity index (χ4n) is 1.90. The summed E-state index contributed by atoms with van der Waals surface area (Å²) in [7, 11) is 0. The Balaban J connectivity index is 0.00000120. The number of hydrogen-bond donors (Lipinski definition) is 1. The number of nitrogens with two attached hydrogens (primary N) is 1. The number of hydrogen-bond acceptors (Lipinski definition) is 1. The van der Waals surface area contributed by atoms with Gasteiger partial charge in [0.05, 0.1) is 6.04 Å². The van der Waals surface area contributed by atoms with E-state index in [1.807, 2.05) is 30.3 Å². The lowest BCUT2D eigenvalue weighted by Gasteiger charge is -1.98. The monoisotopic (exact) mass is 283 g/mol. The molecule has 0 aliphatic heterocycles. The van der Waals surface area contributed by atoms with Gasteiger partial charge in [-0.2, -0.15) is 0 Å². The summed E-state index contributed by atoms with van der Waals surface area (Å²) in [6.07, 6.45) is 2.70. The van der Waals surface area contributed by atoms with Crippen molar-refractivity contribution in [1.29, 1.82) is 0 Å². The first-order valence-electron chi connectivity index (χ1n) is 5.99. The molecule has 18 heavy (non-hydrogen) atoms. The molecule has 1 saturated carbocycles. The Bertz CT molecular complexity index is 520. The van der Waals surface area contributed by atoms with Gasteiger partial charge in [0.1, 0.15) is 12.3 Å². The number of halogens is 2. The van der Waals surface area contributed by atoms with Crippen LogP contribution in [0.1, 0.15) is 18.6 Å². The van der Waals surface area contributed by atoms with Crippen molar-refractivity contribution >= 4 is 11.6 Å². The topological polar surface area (TPSA) is 29.8 Å². The molecule has 1 aromatic heterocycles. The fourth-order valence-corrected chi connectivity index (χ4v) is 2.09. The van der Waals surface area contributed by atoms with E-state index in [0.717, 1.165) is 34.7 Å². The number of quaternary nitrogens is 1. The third-order valence-electron chi connectivity index (χ3n) is 3.05. The molecular formula is C14H15Cl2NO. The molecule has 4 heteroatoms. The number of rotatable bonds is 4. The van der Waals surface area contributed by atoms with E-state index in [2.05, 4.69) is 11.4 Å². The van der Waals surface area contributed by atoms with E-state index in [-0.39, 0.29) is 12.4 Å².